The number of hydrogen-bond acceptors (Lipinski definition) is 3. The molecule has 3 rings (SSSR count). The third-order valence-electron chi connectivity index (χ3n) is 4.67. The summed E-state index contributed by atoms with van der Waals surface area (Å²) in [4.78, 5) is 25.8. The zero-order valence-electron chi connectivity index (χ0n) is 14.5. The van der Waals surface area contributed by atoms with Crippen LogP contribution in [0.1, 0.15) is 28.8 Å². The zero-order valence-corrected chi connectivity index (χ0v) is 14.5. The van der Waals surface area contributed by atoms with Crippen LogP contribution in [0, 0.1) is 11.7 Å². The van der Waals surface area contributed by atoms with E-state index in [-0.39, 0.29) is 17.6 Å². The molecule has 0 aliphatic carbocycles. The Morgan fingerprint density at radius 2 is 1.88 bits per heavy atom. The first-order valence-electron chi connectivity index (χ1n) is 8.69. The largest absolute Gasteiger partial charge is 0.366 e. The molecule has 2 aromatic carbocycles. The Morgan fingerprint density at radius 3 is 2.58 bits per heavy atom. The zero-order chi connectivity index (χ0) is 18.5. The number of rotatable bonds is 5. The van der Waals surface area contributed by atoms with Crippen LogP contribution in [-0.4, -0.2) is 29.8 Å². The van der Waals surface area contributed by atoms with Crippen molar-refractivity contribution in [3.8, 4) is 0 Å². The number of primary amides is 1. The lowest BCUT2D eigenvalue weighted by Gasteiger charge is -2.32. The van der Waals surface area contributed by atoms with Crippen LogP contribution in [-0.2, 0) is 11.3 Å². The number of carbonyl (C=O) groups excluding carboxylic acids is 2. The molecule has 1 fully saturated rings. The lowest BCUT2D eigenvalue weighted by molar-refractivity contribution is -0.121. The molecule has 1 saturated heterocycles. The smallest absolute Gasteiger partial charge is 0.248 e. The molecule has 26 heavy (non-hydrogen) atoms. The van der Waals surface area contributed by atoms with Gasteiger partial charge in [-0.2, -0.15) is 0 Å². The van der Waals surface area contributed by atoms with Crippen LogP contribution < -0.4 is 11.1 Å². The van der Waals surface area contributed by atoms with Crippen LogP contribution in [0.5, 0.6) is 0 Å². The van der Waals surface area contributed by atoms with Crippen molar-refractivity contribution in [2.45, 2.75) is 19.4 Å². The van der Waals surface area contributed by atoms with Gasteiger partial charge >= 0.3 is 0 Å². The number of amides is 2. The van der Waals surface area contributed by atoms with Gasteiger partial charge in [-0.05, 0) is 49.7 Å². The SMILES string of the molecule is NC(=O)c1ccc(NC(=O)C2CCCN(Cc3ccccc3F)C2)cc1. The third kappa shape index (κ3) is 4.46. The quantitative estimate of drug-likeness (QED) is 0.866. The van der Waals surface area contributed by atoms with Gasteiger partial charge in [-0.1, -0.05) is 18.2 Å². The monoisotopic (exact) mass is 355 g/mol. The van der Waals surface area contributed by atoms with Gasteiger partial charge in [0.1, 0.15) is 5.82 Å². The number of nitrogens with zero attached hydrogens (tertiary/aromatic N) is 1. The molecule has 1 atom stereocenters. The number of benzene rings is 2. The van der Waals surface area contributed by atoms with Crippen molar-refractivity contribution in [2.24, 2.45) is 11.7 Å². The number of nitrogens with one attached hydrogen (secondary N) is 1. The van der Waals surface area contributed by atoms with E-state index in [9.17, 15) is 14.0 Å². The van der Waals surface area contributed by atoms with E-state index in [0.717, 1.165) is 19.4 Å². The molecule has 1 unspecified atom stereocenters. The number of carbonyl (C=O) groups is 2. The number of nitrogens with two attached hydrogens (primary N) is 1. The van der Waals surface area contributed by atoms with Gasteiger partial charge in [-0.25, -0.2) is 4.39 Å². The summed E-state index contributed by atoms with van der Waals surface area (Å²) in [5, 5.41) is 2.88. The number of halogens is 1. The van der Waals surface area contributed by atoms with E-state index in [1.807, 2.05) is 6.07 Å². The second kappa shape index (κ2) is 8.10. The van der Waals surface area contributed by atoms with Gasteiger partial charge in [0.25, 0.3) is 0 Å². The Bertz CT molecular complexity index is 792. The molecule has 0 radical (unpaired) electrons. The van der Waals surface area contributed by atoms with Crippen molar-refractivity contribution in [1.29, 1.82) is 0 Å². The molecule has 136 valence electrons. The maximum absolute atomic E-state index is 13.8. The van der Waals surface area contributed by atoms with E-state index in [4.69, 9.17) is 5.73 Å². The summed E-state index contributed by atoms with van der Waals surface area (Å²) >= 11 is 0. The third-order valence-corrected chi connectivity index (χ3v) is 4.67. The fourth-order valence-electron chi connectivity index (χ4n) is 3.24. The second-order valence-corrected chi connectivity index (χ2v) is 6.60. The summed E-state index contributed by atoms with van der Waals surface area (Å²) in [6.07, 6.45) is 1.70. The van der Waals surface area contributed by atoms with Crippen molar-refractivity contribution in [3.63, 3.8) is 0 Å². The first-order valence-corrected chi connectivity index (χ1v) is 8.69. The minimum Gasteiger partial charge on any atom is -0.366 e. The molecule has 6 heteroatoms. The average Bonchev–Trinajstić information content (AvgIpc) is 2.64. The lowest BCUT2D eigenvalue weighted by Crippen LogP contribution is -2.40. The highest BCUT2D eigenvalue weighted by Gasteiger charge is 2.26. The summed E-state index contributed by atoms with van der Waals surface area (Å²) < 4.78 is 13.8. The Kier molecular flexibility index (Phi) is 5.63. The predicted molar refractivity (Wildman–Crippen MR) is 98.0 cm³/mol. The van der Waals surface area contributed by atoms with Crippen molar-refractivity contribution in [3.05, 3.63) is 65.5 Å². The molecular formula is C20H22FN3O2. The molecule has 1 heterocycles. The summed E-state index contributed by atoms with van der Waals surface area (Å²) in [7, 11) is 0. The molecule has 5 nitrogen and oxygen atoms in total. The highest BCUT2D eigenvalue weighted by Crippen LogP contribution is 2.21. The van der Waals surface area contributed by atoms with Crippen LogP contribution in [0.25, 0.3) is 0 Å². The maximum atomic E-state index is 13.8. The van der Waals surface area contributed by atoms with Crippen molar-refractivity contribution in [2.75, 3.05) is 18.4 Å². The van der Waals surface area contributed by atoms with Gasteiger partial charge in [0.05, 0.1) is 5.92 Å². The minimum absolute atomic E-state index is 0.0601. The molecule has 1 aliphatic heterocycles. The van der Waals surface area contributed by atoms with Gasteiger partial charge in [0.15, 0.2) is 0 Å². The van der Waals surface area contributed by atoms with E-state index >= 15 is 0 Å². The Labute approximate surface area is 152 Å². The number of piperidine rings is 1. The fourth-order valence-corrected chi connectivity index (χ4v) is 3.24. The van der Waals surface area contributed by atoms with Gasteiger partial charge in [-0.3, -0.25) is 14.5 Å². The van der Waals surface area contributed by atoms with Crippen LogP contribution in [0.2, 0.25) is 0 Å². The van der Waals surface area contributed by atoms with Gasteiger partial charge < -0.3 is 11.1 Å². The van der Waals surface area contributed by atoms with Crippen LogP contribution in [0.3, 0.4) is 0 Å². The highest BCUT2D eigenvalue weighted by molar-refractivity contribution is 5.95. The standard InChI is InChI=1S/C20H22FN3O2/c21-18-6-2-1-4-15(18)12-24-11-3-5-16(13-24)20(26)23-17-9-7-14(8-10-17)19(22)25/h1-2,4,6-10,16H,3,5,11-13H2,(H2,22,25)(H,23,26). The molecule has 2 aromatic rings. The summed E-state index contributed by atoms with van der Waals surface area (Å²) in [6.45, 7) is 1.95. The molecular weight excluding hydrogens is 333 g/mol. The number of likely N-dealkylation sites (tertiary alicyclic amines) is 1. The van der Waals surface area contributed by atoms with E-state index in [0.29, 0.717) is 29.9 Å². The molecule has 0 spiro atoms. The highest BCUT2D eigenvalue weighted by atomic mass is 19.1. The van der Waals surface area contributed by atoms with Crippen LogP contribution in [0.15, 0.2) is 48.5 Å². The van der Waals surface area contributed by atoms with Gasteiger partial charge in [-0.15, -0.1) is 0 Å². The molecule has 1 aliphatic rings. The summed E-state index contributed by atoms with van der Waals surface area (Å²) in [6, 6.07) is 13.2. The second-order valence-electron chi connectivity index (χ2n) is 6.60. The molecule has 0 bridgehead atoms. The van der Waals surface area contributed by atoms with Crippen LogP contribution in [0.4, 0.5) is 10.1 Å². The van der Waals surface area contributed by atoms with E-state index in [1.54, 1.807) is 36.4 Å². The fraction of sp³-hybridized carbons (Fsp3) is 0.300. The molecule has 2 amide bonds. The first kappa shape index (κ1) is 18.1. The number of anilines is 1. The van der Waals surface area contributed by atoms with E-state index in [1.165, 1.54) is 6.07 Å². The van der Waals surface area contributed by atoms with Crippen molar-refractivity contribution >= 4 is 17.5 Å². The Hall–Kier alpha value is -2.73. The first-order chi connectivity index (χ1) is 12.5. The van der Waals surface area contributed by atoms with Gasteiger partial charge in [0.2, 0.25) is 11.8 Å². The maximum Gasteiger partial charge on any atom is 0.248 e. The topological polar surface area (TPSA) is 75.4 Å². The average molecular weight is 355 g/mol. The molecule has 0 aromatic heterocycles. The summed E-state index contributed by atoms with van der Waals surface area (Å²) in [5.74, 6) is -0.922. The summed E-state index contributed by atoms with van der Waals surface area (Å²) in [5.41, 5.74) is 6.89. The van der Waals surface area contributed by atoms with Crippen LogP contribution >= 0.6 is 0 Å². The molecule has 3 N–H and O–H groups in total. The minimum atomic E-state index is -0.501. The van der Waals surface area contributed by atoms with Gasteiger partial charge in [0, 0.05) is 29.9 Å². The van der Waals surface area contributed by atoms with E-state index in [2.05, 4.69) is 10.2 Å². The number of hydrogen-bond donors (Lipinski definition) is 2. The Morgan fingerprint density at radius 1 is 1.15 bits per heavy atom. The predicted octanol–water partition coefficient (Wildman–Crippen LogP) is 2.78. The van der Waals surface area contributed by atoms with Crippen molar-refractivity contribution < 1.29 is 14.0 Å². The normalized spacial score (nSPS) is 17.7. The van der Waals surface area contributed by atoms with E-state index < -0.39 is 5.91 Å². The molecule has 0 saturated carbocycles. The Balaban J connectivity index is 1.59. The lowest BCUT2D eigenvalue weighted by atomic mass is 9.96. The van der Waals surface area contributed by atoms with Crippen molar-refractivity contribution in [1.82, 2.24) is 4.90 Å².